The first kappa shape index (κ1) is 14.0. The van der Waals surface area contributed by atoms with Gasteiger partial charge in [0.1, 0.15) is 6.33 Å². The molecular formula is C16H23N5. The van der Waals surface area contributed by atoms with E-state index in [1.54, 1.807) is 11.0 Å². The van der Waals surface area contributed by atoms with Crippen molar-refractivity contribution in [3.8, 4) is 5.69 Å². The predicted octanol–water partition coefficient (Wildman–Crippen LogP) is 3.35. The molecule has 0 spiro atoms. The summed E-state index contributed by atoms with van der Waals surface area (Å²) >= 11 is 0. The Balaban J connectivity index is 1.70. The van der Waals surface area contributed by atoms with Crippen LogP contribution in [0.2, 0.25) is 0 Å². The summed E-state index contributed by atoms with van der Waals surface area (Å²) < 4.78 is 1.70. The van der Waals surface area contributed by atoms with Crippen LogP contribution in [-0.4, -0.2) is 26.2 Å². The first-order chi connectivity index (χ1) is 10.2. The summed E-state index contributed by atoms with van der Waals surface area (Å²) in [5.74, 6) is 0.804. The summed E-state index contributed by atoms with van der Waals surface area (Å²) in [6.45, 7) is 4.40. The molecule has 1 aliphatic carbocycles. The fourth-order valence-electron chi connectivity index (χ4n) is 3.29. The van der Waals surface area contributed by atoms with Crippen molar-refractivity contribution < 1.29 is 0 Å². The van der Waals surface area contributed by atoms with Crippen molar-refractivity contribution in [3.63, 3.8) is 0 Å². The van der Waals surface area contributed by atoms with Gasteiger partial charge in [0.2, 0.25) is 0 Å². The van der Waals surface area contributed by atoms with Gasteiger partial charge < -0.3 is 5.32 Å². The minimum atomic E-state index is 0.531. The monoisotopic (exact) mass is 285 g/mol. The Labute approximate surface area is 125 Å². The zero-order valence-corrected chi connectivity index (χ0v) is 12.8. The van der Waals surface area contributed by atoms with E-state index in [0.717, 1.165) is 11.6 Å². The second-order valence-electron chi connectivity index (χ2n) is 6.09. The largest absolute Gasteiger partial charge is 0.382 e. The summed E-state index contributed by atoms with van der Waals surface area (Å²) in [5, 5.41) is 15.0. The molecular weight excluding hydrogens is 262 g/mol. The fourth-order valence-corrected chi connectivity index (χ4v) is 3.29. The summed E-state index contributed by atoms with van der Waals surface area (Å²) in [5.41, 5.74) is 3.38. The fraction of sp³-hybridized carbons (Fsp3) is 0.562. The van der Waals surface area contributed by atoms with Gasteiger partial charge >= 0.3 is 0 Å². The third kappa shape index (κ3) is 3.23. The number of rotatable bonds is 4. The van der Waals surface area contributed by atoms with Gasteiger partial charge in [0.25, 0.3) is 0 Å². The Hall–Kier alpha value is -1.91. The highest BCUT2D eigenvalue weighted by molar-refractivity contribution is 5.53. The first-order valence-electron chi connectivity index (χ1n) is 7.84. The predicted molar refractivity (Wildman–Crippen MR) is 83.6 cm³/mol. The molecule has 5 nitrogen and oxygen atoms in total. The van der Waals surface area contributed by atoms with Crippen LogP contribution >= 0.6 is 0 Å². The molecule has 112 valence electrons. The summed E-state index contributed by atoms with van der Waals surface area (Å²) in [6, 6.07) is 6.89. The highest BCUT2D eigenvalue weighted by Gasteiger charge is 2.19. The lowest BCUT2D eigenvalue weighted by Crippen LogP contribution is -2.27. The lowest BCUT2D eigenvalue weighted by atomic mass is 9.84. The van der Waals surface area contributed by atoms with E-state index in [1.165, 1.54) is 43.4 Å². The molecule has 2 aromatic rings. The van der Waals surface area contributed by atoms with E-state index in [0.29, 0.717) is 6.04 Å². The lowest BCUT2D eigenvalue weighted by molar-refractivity contribution is 0.328. The molecule has 1 aromatic heterocycles. The maximum Gasteiger partial charge on any atom is 0.143 e. The van der Waals surface area contributed by atoms with Crippen molar-refractivity contribution in [2.24, 2.45) is 5.92 Å². The average molecular weight is 285 g/mol. The van der Waals surface area contributed by atoms with E-state index in [1.807, 2.05) is 0 Å². The van der Waals surface area contributed by atoms with Gasteiger partial charge in [-0.05, 0) is 66.8 Å². The Morgan fingerprint density at radius 2 is 2.05 bits per heavy atom. The molecule has 0 radical (unpaired) electrons. The van der Waals surface area contributed by atoms with Gasteiger partial charge in [-0.1, -0.05) is 19.3 Å². The number of nitrogens with zero attached hydrogens (tertiary/aromatic N) is 4. The smallest absolute Gasteiger partial charge is 0.143 e. The molecule has 1 atom stereocenters. The summed E-state index contributed by atoms with van der Waals surface area (Å²) in [6.07, 6.45) is 8.51. The van der Waals surface area contributed by atoms with Crippen molar-refractivity contribution in [1.82, 2.24) is 20.2 Å². The van der Waals surface area contributed by atoms with Crippen LogP contribution in [0.3, 0.4) is 0 Å². The average Bonchev–Trinajstić information content (AvgIpc) is 3.02. The number of nitrogens with one attached hydrogen (secondary N) is 1. The van der Waals surface area contributed by atoms with Crippen LogP contribution in [0.5, 0.6) is 0 Å². The van der Waals surface area contributed by atoms with E-state index in [2.05, 4.69) is 52.9 Å². The molecule has 1 aromatic carbocycles. The van der Waals surface area contributed by atoms with Crippen LogP contribution in [0.4, 0.5) is 5.69 Å². The van der Waals surface area contributed by atoms with Crippen molar-refractivity contribution >= 4 is 5.69 Å². The molecule has 1 N–H and O–H groups in total. The normalized spacial score (nSPS) is 17.6. The third-order valence-electron chi connectivity index (χ3n) is 4.54. The second-order valence-corrected chi connectivity index (χ2v) is 6.09. The van der Waals surface area contributed by atoms with Crippen molar-refractivity contribution in [3.05, 3.63) is 30.1 Å². The van der Waals surface area contributed by atoms with E-state index in [4.69, 9.17) is 0 Å². The standard InChI is InChI=1S/C16H23N5/c1-12-10-15(8-9-16(12)21-11-17-19-20-21)18-13(2)14-6-4-3-5-7-14/h8-11,13-14,18H,3-7H2,1-2H3. The maximum atomic E-state index is 3.95. The van der Waals surface area contributed by atoms with Crippen LogP contribution in [-0.2, 0) is 0 Å². The van der Waals surface area contributed by atoms with Crippen LogP contribution in [0.15, 0.2) is 24.5 Å². The quantitative estimate of drug-likeness (QED) is 0.936. The minimum absolute atomic E-state index is 0.531. The Bertz CT molecular complexity index is 572. The van der Waals surface area contributed by atoms with Gasteiger partial charge in [-0.25, -0.2) is 4.68 Å². The van der Waals surface area contributed by atoms with Gasteiger partial charge in [0.05, 0.1) is 5.69 Å². The molecule has 1 aliphatic rings. The van der Waals surface area contributed by atoms with Gasteiger partial charge in [-0.2, -0.15) is 0 Å². The van der Waals surface area contributed by atoms with Gasteiger partial charge in [-0.15, -0.1) is 5.10 Å². The number of anilines is 1. The van der Waals surface area contributed by atoms with Gasteiger partial charge in [0.15, 0.2) is 0 Å². The molecule has 0 saturated heterocycles. The highest BCUT2D eigenvalue weighted by atomic mass is 15.5. The van der Waals surface area contributed by atoms with Gasteiger partial charge in [0, 0.05) is 11.7 Å². The maximum absolute atomic E-state index is 3.95. The number of aromatic nitrogens is 4. The number of aryl methyl sites for hydroxylation is 1. The molecule has 21 heavy (non-hydrogen) atoms. The van der Waals surface area contributed by atoms with E-state index >= 15 is 0 Å². The highest BCUT2D eigenvalue weighted by Crippen LogP contribution is 2.28. The number of tetrazole rings is 1. The minimum Gasteiger partial charge on any atom is -0.382 e. The van der Waals surface area contributed by atoms with Crippen molar-refractivity contribution in [1.29, 1.82) is 0 Å². The molecule has 5 heteroatoms. The van der Waals surface area contributed by atoms with E-state index in [9.17, 15) is 0 Å². The molecule has 0 amide bonds. The summed E-state index contributed by atoms with van der Waals surface area (Å²) in [7, 11) is 0. The molecule has 0 bridgehead atoms. The molecule has 1 fully saturated rings. The lowest BCUT2D eigenvalue weighted by Gasteiger charge is -2.29. The topological polar surface area (TPSA) is 55.6 Å². The van der Waals surface area contributed by atoms with Crippen molar-refractivity contribution in [2.45, 2.75) is 52.0 Å². The Morgan fingerprint density at radius 1 is 1.24 bits per heavy atom. The SMILES string of the molecule is Cc1cc(NC(C)C2CCCCC2)ccc1-n1cnnn1. The zero-order valence-electron chi connectivity index (χ0n) is 12.8. The van der Waals surface area contributed by atoms with E-state index in [-0.39, 0.29) is 0 Å². The van der Waals surface area contributed by atoms with Gasteiger partial charge in [-0.3, -0.25) is 0 Å². The number of hydrogen-bond donors (Lipinski definition) is 1. The van der Waals surface area contributed by atoms with Crippen LogP contribution < -0.4 is 5.32 Å². The van der Waals surface area contributed by atoms with Crippen molar-refractivity contribution in [2.75, 3.05) is 5.32 Å². The Kier molecular flexibility index (Phi) is 4.18. The Morgan fingerprint density at radius 3 is 2.71 bits per heavy atom. The van der Waals surface area contributed by atoms with Crippen LogP contribution in [0.1, 0.15) is 44.6 Å². The zero-order chi connectivity index (χ0) is 14.7. The van der Waals surface area contributed by atoms with Crippen LogP contribution in [0.25, 0.3) is 5.69 Å². The third-order valence-corrected chi connectivity index (χ3v) is 4.54. The molecule has 1 heterocycles. The second kappa shape index (κ2) is 6.24. The first-order valence-corrected chi connectivity index (χ1v) is 7.84. The molecule has 3 rings (SSSR count). The number of benzene rings is 1. The molecule has 1 unspecified atom stereocenters. The molecule has 1 saturated carbocycles. The summed E-state index contributed by atoms with van der Waals surface area (Å²) in [4.78, 5) is 0. The number of hydrogen-bond acceptors (Lipinski definition) is 4. The van der Waals surface area contributed by atoms with Crippen LogP contribution in [0, 0.1) is 12.8 Å². The van der Waals surface area contributed by atoms with E-state index < -0.39 is 0 Å². The molecule has 0 aliphatic heterocycles.